The standard InChI is InChI=1S/C24H27N3O/c1-6-9-22-26-23(24(3,4)28)17(2)27(22)16-18-12-14-19(15-13-18)20-10-7-8-11-21(20)25-5/h7-8,10-15,28H,6,9,16H2,1-4H3. The monoisotopic (exact) mass is 373 g/mol. The summed E-state index contributed by atoms with van der Waals surface area (Å²) in [5, 5.41) is 10.5. The summed E-state index contributed by atoms with van der Waals surface area (Å²) in [5.41, 5.74) is 4.65. The first-order valence-corrected chi connectivity index (χ1v) is 9.69. The molecule has 0 fully saturated rings. The molecule has 0 atom stereocenters. The van der Waals surface area contributed by atoms with Gasteiger partial charge in [-0.25, -0.2) is 9.83 Å². The van der Waals surface area contributed by atoms with Crippen LogP contribution in [0.1, 0.15) is 50.0 Å². The molecule has 3 aromatic rings. The summed E-state index contributed by atoms with van der Waals surface area (Å²) in [6, 6.07) is 16.0. The van der Waals surface area contributed by atoms with Gasteiger partial charge in [0.15, 0.2) is 5.69 Å². The van der Waals surface area contributed by atoms with Gasteiger partial charge in [0.25, 0.3) is 0 Å². The third-order valence-electron chi connectivity index (χ3n) is 4.98. The summed E-state index contributed by atoms with van der Waals surface area (Å²) in [6.07, 6.45) is 1.89. The molecule has 3 rings (SSSR count). The maximum atomic E-state index is 10.5. The lowest BCUT2D eigenvalue weighted by molar-refractivity contribution is 0.0733. The maximum Gasteiger partial charge on any atom is 0.194 e. The van der Waals surface area contributed by atoms with Gasteiger partial charge < -0.3 is 9.67 Å². The minimum atomic E-state index is -0.953. The summed E-state index contributed by atoms with van der Waals surface area (Å²) in [6.45, 7) is 15.8. The highest BCUT2D eigenvalue weighted by atomic mass is 16.3. The van der Waals surface area contributed by atoms with Crippen molar-refractivity contribution in [2.45, 2.75) is 52.7 Å². The predicted molar refractivity (Wildman–Crippen MR) is 113 cm³/mol. The average molecular weight is 374 g/mol. The van der Waals surface area contributed by atoms with Crippen LogP contribution < -0.4 is 0 Å². The van der Waals surface area contributed by atoms with Crippen molar-refractivity contribution in [1.82, 2.24) is 9.55 Å². The summed E-state index contributed by atoms with van der Waals surface area (Å²) < 4.78 is 2.21. The zero-order valence-electron chi connectivity index (χ0n) is 17.0. The van der Waals surface area contributed by atoms with E-state index in [4.69, 9.17) is 11.6 Å². The second kappa shape index (κ2) is 8.00. The van der Waals surface area contributed by atoms with E-state index in [-0.39, 0.29) is 0 Å². The normalized spacial score (nSPS) is 11.4. The average Bonchev–Trinajstić information content (AvgIpc) is 2.99. The third-order valence-corrected chi connectivity index (χ3v) is 4.98. The molecule has 0 saturated heterocycles. The van der Waals surface area contributed by atoms with Crippen LogP contribution in [0.25, 0.3) is 16.0 Å². The fraction of sp³-hybridized carbons (Fsp3) is 0.333. The number of hydrogen-bond donors (Lipinski definition) is 1. The Balaban J connectivity index is 1.93. The van der Waals surface area contributed by atoms with Crippen molar-refractivity contribution in [1.29, 1.82) is 0 Å². The van der Waals surface area contributed by atoms with Crippen molar-refractivity contribution < 1.29 is 5.11 Å². The van der Waals surface area contributed by atoms with Crippen molar-refractivity contribution in [3.63, 3.8) is 0 Å². The number of nitrogens with zero attached hydrogens (tertiary/aromatic N) is 3. The molecule has 4 nitrogen and oxygen atoms in total. The molecule has 2 aromatic carbocycles. The quantitative estimate of drug-likeness (QED) is 0.568. The summed E-state index contributed by atoms with van der Waals surface area (Å²) in [7, 11) is 0. The lowest BCUT2D eigenvalue weighted by Crippen LogP contribution is -2.18. The first-order chi connectivity index (χ1) is 13.3. The lowest BCUT2D eigenvalue weighted by Gasteiger charge is -2.16. The second-order valence-corrected chi connectivity index (χ2v) is 7.68. The molecule has 0 radical (unpaired) electrons. The number of benzene rings is 2. The maximum absolute atomic E-state index is 10.5. The van der Waals surface area contributed by atoms with Crippen molar-refractivity contribution in [2.24, 2.45) is 0 Å². The van der Waals surface area contributed by atoms with Crippen LogP contribution in [0.5, 0.6) is 0 Å². The summed E-state index contributed by atoms with van der Waals surface area (Å²) in [5.74, 6) is 1.01. The van der Waals surface area contributed by atoms with E-state index >= 15 is 0 Å². The minimum Gasteiger partial charge on any atom is -0.384 e. The molecule has 1 N–H and O–H groups in total. The Kier molecular flexibility index (Phi) is 5.67. The largest absolute Gasteiger partial charge is 0.384 e. The Morgan fingerprint density at radius 2 is 1.79 bits per heavy atom. The zero-order chi connectivity index (χ0) is 20.3. The molecule has 0 amide bonds. The topological polar surface area (TPSA) is 42.4 Å². The fourth-order valence-corrected chi connectivity index (χ4v) is 3.58. The van der Waals surface area contributed by atoms with Crippen molar-refractivity contribution in [2.75, 3.05) is 0 Å². The van der Waals surface area contributed by atoms with Gasteiger partial charge in [-0.1, -0.05) is 55.5 Å². The van der Waals surface area contributed by atoms with E-state index in [1.54, 1.807) is 13.8 Å². The van der Waals surface area contributed by atoms with Gasteiger partial charge in [-0.15, -0.1) is 0 Å². The van der Waals surface area contributed by atoms with Gasteiger partial charge in [-0.2, -0.15) is 0 Å². The zero-order valence-corrected chi connectivity index (χ0v) is 17.0. The molecule has 1 heterocycles. The number of para-hydroxylation sites is 1. The number of rotatable bonds is 6. The van der Waals surface area contributed by atoms with Gasteiger partial charge in [0.2, 0.25) is 0 Å². The molecule has 0 spiro atoms. The Morgan fingerprint density at radius 3 is 2.39 bits per heavy atom. The number of aromatic nitrogens is 2. The van der Waals surface area contributed by atoms with Crippen LogP contribution >= 0.6 is 0 Å². The van der Waals surface area contributed by atoms with Gasteiger partial charge in [-0.05, 0) is 43.9 Å². The van der Waals surface area contributed by atoms with Gasteiger partial charge >= 0.3 is 0 Å². The molecular weight excluding hydrogens is 346 g/mol. The molecule has 0 aliphatic heterocycles. The van der Waals surface area contributed by atoms with Crippen molar-refractivity contribution in [3.05, 3.63) is 82.7 Å². The van der Waals surface area contributed by atoms with Crippen molar-refractivity contribution in [3.8, 4) is 11.1 Å². The van der Waals surface area contributed by atoms with E-state index in [9.17, 15) is 5.11 Å². The highest BCUT2D eigenvalue weighted by molar-refractivity contribution is 5.78. The number of hydrogen-bond acceptors (Lipinski definition) is 2. The van der Waals surface area contributed by atoms with Crippen LogP contribution in [0.2, 0.25) is 0 Å². The molecule has 144 valence electrons. The van der Waals surface area contributed by atoms with Gasteiger partial charge in [0.05, 0.1) is 12.3 Å². The third kappa shape index (κ3) is 4.00. The van der Waals surface area contributed by atoms with Crippen LogP contribution in [0.3, 0.4) is 0 Å². The van der Waals surface area contributed by atoms with Crippen molar-refractivity contribution >= 4 is 5.69 Å². The molecule has 0 bridgehead atoms. The highest BCUT2D eigenvalue weighted by Crippen LogP contribution is 2.30. The molecule has 0 unspecified atom stereocenters. The first kappa shape index (κ1) is 19.9. The lowest BCUT2D eigenvalue weighted by atomic mass is 10.0. The Morgan fingerprint density at radius 1 is 1.11 bits per heavy atom. The fourth-order valence-electron chi connectivity index (χ4n) is 3.58. The van der Waals surface area contributed by atoms with E-state index in [1.165, 1.54) is 5.56 Å². The molecule has 0 saturated carbocycles. The second-order valence-electron chi connectivity index (χ2n) is 7.68. The Labute approximate surface area is 167 Å². The smallest absolute Gasteiger partial charge is 0.194 e. The van der Waals surface area contributed by atoms with Crippen LogP contribution in [0.4, 0.5) is 5.69 Å². The number of aliphatic hydroxyl groups is 1. The van der Waals surface area contributed by atoms with Gasteiger partial charge in [-0.3, -0.25) is 0 Å². The van der Waals surface area contributed by atoms with Gasteiger partial charge in [0.1, 0.15) is 11.4 Å². The molecular formula is C24H27N3O. The van der Waals surface area contributed by atoms with E-state index < -0.39 is 5.60 Å². The molecule has 1 aromatic heterocycles. The Hall–Kier alpha value is -2.90. The summed E-state index contributed by atoms with van der Waals surface area (Å²) >= 11 is 0. The molecule has 28 heavy (non-hydrogen) atoms. The van der Waals surface area contributed by atoms with Gasteiger partial charge in [0, 0.05) is 18.7 Å². The van der Waals surface area contributed by atoms with E-state index in [0.29, 0.717) is 5.69 Å². The van der Waals surface area contributed by atoms with Crippen LogP contribution in [-0.2, 0) is 18.6 Å². The molecule has 0 aliphatic rings. The van der Waals surface area contributed by atoms with Crippen LogP contribution in [-0.4, -0.2) is 14.7 Å². The van der Waals surface area contributed by atoms with E-state index in [0.717, 1.165) is 47.7 Å². The summed E-state index contributed by atoms with van der Waals surface area (Å²) in [4.78, 5) is 8.35. The SMILES string of the molecule is [C-]#[N+]c1ccccc1-c1ccc(Cn2c(CCC)nc(C(C)(C)O)c2C)cc1. The van der Waals surface area contributed by atoms with E-state index in [1.807, 2.05) is 31.2 Å². The first-order valence-electron chi connectivity index (χ1n) is 9.69. The number of imidazole rings is 1. The predicted octanol–water partition coefficient (Wildman–Crippen LogP) is 5.64. The van der Waals surface area contributed by atoms with Crippen LogP contribution in [0.15, 0.2) is 48.5 Å². The van der Waals surface area contributed by atoms with Crippen LogP contribution in [0, 0.1) is 13.5 Å². The molecule has 0 aliphatic carbocycles. The number of aryl methyl sites for hydroxylation is 1. The Bertz CT molecular complexity index is 1000. The highest BCUT2D eigenvalue weighted by Gasteiger charge is 2.25. The van der Waals surface area contributed by atoms with E-state index in [2.05, 4.69) is 40.6 Å². The molecule has 4 heteroatoms. The minimum absolute atomic E-state index is 0.667.